The number of hydrogen-bond acceptors (Lipinski definition) is 5. The molecule has 0 radical (unpaired) electrons. The largest absolute Gasteiger partial charge is 0.490 e. The SMILES string of the molecule is CCCCCN1C(=O)c2oc3ccccc3c(=O)c2C1c1ccc(OCCC(C)C)c(OCC)c1. The number of carbonyl (C=O) groups excluding carboxylic acids is 1. The zero-order valence-electron chi connectivity index (χ0n) is 21.1. The number of benzene rings is 2. The van der Waals surface area contributed by atoms with Gasteiger partial charge in [-0.1, -0.05) is 51.8 Å². The molecule has 3 aromatic rings. The van der Waals surface area contributed by atoms with Crippen LogP contribution in [0.2, 0.25) is 0 Å². The average Bonchev–Trinajstić information content (AvgIpc) is 3.12. The highest BCUT2D eigenvalue weighted by Gasteiger charge is 2.42. The maximum Gasteiger partial charge on any atom is 0.290 e. The summed E-state index contributed by atoms with van der Waals surface area (Å²) in [5, 5.41) is 0.484. The van der Waals surface area contributed by atoms with E-state index in [9.17, 15) is 9.59 Å². The van der Waals surface area contributed by atoms with E-state index in [1.165, 1.54) is 0 Å². The normalized spacial score (nSPS) is 15.2. The van der Waals surface area contributed by atoms with Gasteiger partial charge < -0.3 is 18.8 Å². The highest BCUT2D eigenvalue weighted by Crippen LogP contribution is 2.41. The Morgan fingerprint density at radius 3 is 2.54 bits per heavy atom. The fraction of sp³-hybridized carbons (Fsp3) is 0.448. The maximum absolute atomic E-state index is 13.6. The number of unbranched alkanes of at least 4 members (excludes halogenated alkanes) is 2. The zero-order chi connectivity index (χ0) is 24.9. The van der Waals surface area contributed by atoms with Crippen molar-refractivity contribution in [3.8, 4) is 11.5 Å². The van der Waals surface area contributed by atoms with Gasteiger partial charge in [-0.05, 0) is 55.5 Å². The molecule has 0 bridgehead atoms. The van der Waals surface area contributed by atoms with E-state index in [1.807, 2.05) is 31.2 Å². The second-order valence-corrected chi connectivity index (χ2v) is 9.45. The first-order valence-electron chi connectivity index (χ1n) is 12.7. The van der Waals surface area contributed by atoms with Crippen molar-refractivity contribution in [3.05, 3.63) is 69.6 Å². The van der Waals surface area contributed by atoms with E-state index in [1.54, 1.807) is 23.1 Å². The molecule has 1 atom stereocenters. The van der Waals surface area contributed by atoms with Crippen LogP contribution in [-0.4, -0.2) is 30.6 Å². The number of hydrogen-bond donors (Lipinski definition) is 0. The number of amides is 1. The predicted molar refractivity (Wildman–Crippen MR) is 137 cm³/mol. The summed E-state index contributed by atoms with van der Waals surface area (Å²) in [7, 11) is 0. The number of carbonyl (C=O) groups is 1. The molecule has 1 aliphatic heterocycles. The van der Waals surface area contributed by atoms with Crippen molar-refractivity contribution < 1.29 is 18.7 Å². The van der Waals surface area contributed by atoms with E-state index < -0.39 is 6.04 Å². The van der Waals surface area contributed by atoms with E-state index in [2.05, 4.69) is 20.8 Å². The van der Waals surface area contributed by atoms with Crippen LogP contribution in [0.4, 0.5) is 0 Å². The van der Waals surface area contributed by atoms with Gasteiger partial charge in [0.1, 0.15) is 5.58 Å². The fourth-order valence-electron chi connectivity index (χ4n) is 4.56. The summed E-state index contributed by atoms with van der Waals surface area (Å²) in [6.45, 7) is 10.0. The van der Waals surface area contributed by atoms with E-state index in [0.717, 1.165) is 31.2 Å². The first-order chi connectivity index (χ1) is 17.0. The Bertz CT molecular complexity index is 1250. The van der Waals surface area contributed by atoms with Crippen LogP contribution in [0.3, 0.4) is 0 Å². The summed E-state index contributed by atoms with van der Waals surface area (Å²) in [5.74, 6) is 1.73. The minimum atomic E-state index is -0.529. The highest BCUT2D eigenvalue weighted by molar-refractivity contribution is 5.99. The summed E-state index contributed by atoms with van der Waals surface area (Å²) in [6, 6.07) is 12.3. The first kappa shape index (κ1) is 24.8. The Hall–Kier alpha value is -3.28. The van der Waals surface area contributed by atoms with Crippen LogP contribution >= 0.6 is 0 Å². The number of fused-ring (bicyclic) bond motifs is 2. The molecule has 6 heteroatoms. The molecule has 0 saturated carbocycles. The average molecular weight is 478 g/mol. The van der Waals surface area contributed by atoms with Crippen LogP contribution in [0, 0.1) is 5.92 Å². The summed E-state index contributed by atoms with van der Waals surface area (Å²) in [6.07, 6.45) is 3.84. The minimum Gasteiger partial charge on any atom is -0.490 e. The van der Waals surface area contributed by atoms with Crippen LogP contribution < -0.4 is 14.9 Å². The lowest BCUT2D eigenvalue weighted by molar-refractivity contribution is 0.0724. The second kappa shape index (κ2) is 11.0. The Kier molecular flexibility index (Phi) is 7.79. The molecule has 0 saturated heterocycles. The minimum absolute atomic E-state index is 0.144. The number of nitrogens with zero attached hydrogens (tertiary/aromatic N) is 1. The van der Waals surface area contributed by atoms with Gasteiger partial charge in [-0.3, -0.25) is 9.59 Å². The smallest absolute Gasteiger partial charge is 0.290 e. The fourth-order valence-corrected chi connectivity index (χ4v) is 4.56. The lowest BCUT2D eigenvalue weighted by atomic mass is 9.98. The predicted octanol–water partition coefficient (Wildman–Crippen LogP) is 6.35. The molecule has 1 unspecified atom stereocenters. The zero-order valence-corrected chi connectivity index (χ0v) is 21.1. The third-order valence-electron chi connectivity index (χ3n) is 6.41. The van der Waals surface area contributed by atoms with Crippen molar-refractivity contribution in [1.82, 2.24) is 4.90 Å². The molecule has 0 spiro atoms. The third-order valence-corrected chi connectivity index (χ3v) is 6.41. The number of para-hydroxylation sites is 1. The Morgan fingerprint density at radius 1 is 1.00 bits per heavy atom. The van der Waals surface area contributed by atoms with Gasteiger partial charge in [0.05, 0.1) is 30.2 Å². The second-order valence-electron chi connectivity index (χ2n) is 9.45. The van der Waals surface area contributed by atoms with E-state index in [-0.39, 0.29) is 17.1 Å². The number of ether oxygens (including phenoxy) is 2. The Labute approximate surface area is 206 Å². The van der Waals surface area contributed by atoms with Crippen LogP contribution in [0.25, 0.3) is 11.0 Å². The molecule has 4 rings (SSSR count). The molecule has 2 aromatic carbocycles. The van der Waals surface area contributed by atoms with E-state index in [0.29, 0.717) is 53.7 Å². The van der Waals surface area contributed by atoms with E-state index in [4.69, 9.17) is 13.9 Å². The molecular weight excluding hydrogens is 442 g/mol. The molecule has 2 heterocycles. The van der Waals surface area contributed by atoms with Gasteiger partial charge in [-0.15, -0.1) is 0 Å². The summed E-state index contributed by atoms with van der Waals surface area (Å²) in [5.41, 5.74) is 1.49. The molecule has 1 amide bonds. The summed E-state index contributed by atoms with van der Waals surface area (Å²) in [4.78, 5) is 28.9. The van der Waals surface area contributed by atoms with Crippen molar-refractivity contribution in [2.75, 3.05) is 19.8 Å². The Balaban J connectivity index is 1.80. The van der Waals surface area contributed by atoms with Gasteiger partial charge in [0.2, 0.25) is 5.76 Å². The molecule has 0 fully saturated rings. The molecular formula is C29H35NO5. The van der Waals surface area contributed by atoms with Crippen molar-refractivity contribution >= 4 is 16.9 Å². The first-order valence-corrected chi connectivity index (χ1v) is 12.7. The molecule has 1 aliphatic rings. The molecule has 6 nitrogen and oxygen atoms in total. The molecule has 1 aromatic heterocycles. The molecule has 35 heavy (non-hydrogen) atoms. The van der Waals surface area contributed by atoms with Crippen LogP contribution in [0.5, 0.6) is 11.5 Å². The molecule has 0 N–H and O–H groups in total. The number of rotatable bonds is 11. The lowest BCUT2D eigenvalue weighted by Gasteiger charge is -2.26. The third kappa shape index (κ3) is 5.07. The Morgan fingerprint density at radius 2 is 1.80 bits per heavy atom. The van der Waals surface area contributed by atoms with E-state index >= 15 is 0 Å². The van der Waals surface area contributed by atoms with Gasteiger partial charge in [-0.25, -0.2) is 0 Å². The van der Waals surface area contributed by atoms with Gasteiger partial charge in [0, 0.05) is 6.54 Å². The topological polar surface area (TPSA) is 69.0 Å². The van der Waals surface area contributed by atoms with Crippen LogP contribution in [-0.2, 0) is 0 Å². The van der Waals surface area contributed by atoms with Crippen LogP contribution in [0.15, 0.2) is 51.7 Å². The quantitative estimate of drug-likeness (QED) is 0.301. The molecule has 0 aliphatic carbocycles. The van der Waals surface area contributed by atoms with Crippen molar-refractivity contribution in [2.45, 2.75) is 59.4 Å². The highest BCUT2D eigenvalue weighted by atomic mass is 16.5. The van der Waals surface area contributed by atoms with Gasteiger partial charge in [0.25, 0.3) is 5.91 Å². The van der Waals surface area contributed by atoms with Crippen LogP contribution in [0.1, 0.15) is 81.1 Å². The summed E-state index contributed by atoms with van der Waals surface area (Å²) < 4.78 is 17.9. The molecule has 186 valence electrons. The van der Waals surface area contributed by atoms with Gasteiger partial charge in [0.15, 0.2) is 16.9 Å². The van der Waals surface area contributed by atoms with Crippen molar-refractivity contribution in [2.24, 2.45) is 5.92 Å². The summed E-state index contributed by atoms with van der Waals surface area (Å²) >= 11 is 0. The lowest BCUT2D eigenvalue weighted by Crippen LogP contribution is -2.30. The monoisotopic (exact) mass is 477 g/mol. The standard InChI is InChI=1S/C29H35NO5/c1-5-7-10-16-30-26(20-13-14-23(24(18-20)33-6-2)34-17-15-19(3)4)25-27(31)21-11-8-9-12-22(21)35-28(25)29(30)32/h8-9,11-14,18-19,26H,5-7,10,15-17H2,1-4H3. The van der Waals surface area contributed by atoms with Crippen molar-refractivity contribution in [1.29, 1.82) is 0 Å². The maximum atomic E-state index is 13.6. The van der Waals surface area contributed by atoms with Crippen molar-refractivity contribution in [3.63, 3.8) is 0 Å². The van der Waals surface area contributed by atoms with Gasteiger partial charge >= 0.3 is 0 Å². The van der Waals surface area contributed by atoms with Gasteiger partial charge in [-0.2, -0.15) is 0 Å².